The molecule has 2 rings (SSSR count). The number of unbranched alkanes of at least 4 members (excludes halogenated alkanes) is 2. The average Bonchev–Trinajstić information content (AvgIpc) is 2.57. The molecule has 0 unspecified atom stereocenters. The summed E-state index contributed by atoms with van der Waals surface area (Å²) in [6.07, 6.45) is 4.93. The molecule has 0 bridgehead atoms. The fraction of sp³-hybridized carbons (Fsp3) is 0.381. The monoisotopic (exact) mass is 326 g/mol. The minimum atomic E-state index is -1.26. The minimum Gasteiger partial charge on any atom is -0.449 e. The van der Waals surface area contributed by atoms with Crippen LogP contribution < -0.4 is 4.74 Å². The second-order valence-electron chi connectivity index (χ2n) is 6.01. The van der Waals surface area contributed by atoms with Gasteiger partial charge in [-0.15, -0.1) is 0 Å². The van der Waals surface area contributed by atoms with Crippen molar-refractivity contribution in [2.24, 2.45) is 0 Å². The van der Waals surface area contributed by atoms with Crippen molar-refractivity contribution in [1.82, 2.24) is 0 Å². The second-order valence-corrected chi connectivity index (χ2v) is 6.01. The lowest BCUT2D eigenvalue weighted by molar-refractivity contribution is 0.144. The molecule has 3 heteroatoms. The van der Waals surface area contributed by atoms with Crippen LogP contribution >= 0.6 is 0 Å². The Hall–Kier alpha value is -2.29. The average molecular weight is 326 g/mol. The Labute approximate surface area is 144 Å². The first-order valence-corrected chi connectivity index (χ1v) is 8.78. The van der Waals surface area contributed by atoms with Crippen LogP contribution in [0.15, 0.2) is 42.5 Å². The van der Waals surface area contributed by atoms with E-state index in [9.17, 15) is 4.79 Å². The van der Waals surface area contributed by atoms with Crippen LogP contribution in [-0.4, -0.2) is 11.3 Å². The van der Waals surface area contributed by atoms with Gasteiger partial charge >= 0.3 is 6.16 Å². The molecule has 0 spiro atoms. The molecule has 3 nitrogen and oxygen atoms in total. The van der Waals surface area contributed by atoms with Crippen LogP contribution in [0.3, 0.4) is 0 Å². The van der Waals surface area contributed by atoms with Gasteiger partial charge in [0, 0.05) is 5.56 Å². The molecule has 0 fully saturated rings. The Morgan fingerprint density at radius 3 is 2.38 bits per heavy atom. The van der Waals surface area contributed by atoms with E-state index in [1.807, 2.05) is 12.1 Å². The van der Waals surface area contributed by atoms with Crippen molar-refractivity contribution >= 4 is 6.16 Å². The Balaban J connectivity index is 2.49. The van der Waals surface area contributed by atoms with Crippen LogP contribution in [-0.2, 0) is 12.8 Å². The SMILES string of the molecule is CCCCCc1c(OC(=O)O)cccc1-c1ccccc1CCC. The number of benzene rings is 2. The van der Waals surface area contributed by atoms with Crippen LogP contribution in [0.1, 0.15) is 50.7 Å². The standard InChI is InChI=1S/C21H26O3/c1-3-5-6-13-19-18(14-9-15-20(19)24-21(22)23)17-12-8-7-11-16(17)10-4-2/h7-9,11-12,14-15H,3-6,10,13H2,1-2H3,(H,22,23). The summed E-state index contributed by atoms with van der Waals surface area (Å²) in [5.41, 5.74) is 4.57. The maximum Gasteiger partial charge on any atom is 0.511 e. The molecule has 0 aliphatic rings. The lowest BCUT2D eigenvalue weighted by Gasteiger charge is -2.16. The first-order chi connectivity index (χ1) is 11.7. The Morgan fingerprint density at radius 1 is 0.917 bits per heavy atom. The van der Waals surface area contributed by atoms with Gasteiger partial charge in [-0.3, -0.25) is 0 Å². The molecule has 2 aromatic rings. The van der Waals surface area contributed by atoms with E-state index in [4.69, 9.17) is 9.84 Å². The zero-order valence-corrected chi connectivity index (χ0v) is 14.5. The maximum absolute atomic E-state index is 11.0. The molecule has 128 valence electrons. The van der Waals surface area contributed by atoms with Crippen molar-refractivity contribution in [2.75, 3.05) is 0 Å². The molecule has 0 saturated heterocycles. The molecule has 1 N–H and O–H groups in total. The van der Waals surface area contributed by atoms with Crippen LogP contribution in [0.5, 0.6) is 5.75 Å². The summed E-state index contributed by atoms with van der Waals surface area (Å²) in [6, 6.07) is 14.1. The quantitative estimate of drug-likeness (QED) is 0.362. The van der Waals surface area contributed by atoms with Crippen molar-refractivity contribution in [3.05, 3.63) is 53.6 Å². The summed E-state index contributed by atoms with van der Waals surface area (Å²) >= 11 is 0. The van der Waals surface area contributed by atoms with E-state index in [0.717, 1.165) is 49.7 Å². The number of carbonyl (C=O) groups is 1. The zero-order valence-electron chi connectivity index (χ0n) is 14.5. The molecule has 0 aliphatic heterocycles. The third-order valence-electron chi connectivity index (χ3n) is 4.19. The fourth-order valence-corrected chi connectivity index (χ4v) is 3.09. The highest BCUT2D eigenvalue weighted by molar-refractivity contribution is 5.74. The van der Waals surface area contributed by atoms with Gasteiger partial charge in [0.1, 0.15) is 5.75 Å². The number of rotatable bonds is 8. The molecule has 24 heavy (non-hydrogen) atoms. The Morgan fingerprint density at radius 2 is 1.67 bits per heavy atom. The minimum absolute atomic E-state index is 0.461. The Kier molecular flexibility index (Phi) is 6.86. The zero-order chi connectivity index (χ0) is 17.4. The molecule has 0 amide bonds. The summed E-state index contributed by atoms with van der Waals surface area (Å²) in [6.45, 7) is 4.33. The number of hydrogen-bond donors (Lipinski definition) is 1. The second kappa shape index (κ2) is 9.11. The summed E-state index contributed by atoms with van der Waals surface area (Å²) in [7, 11) is 0. The predicted molar refractivity (Wildman–Crippen MR) is 97.8 cm³/mol. The topological polar surface area (TPSA) is 46.5 Å². The highest BCUT2D eigenvalue weighted by atomic mass is 16.7. The summed E-state index contributed by atoms with van der Waals surface area (Å²) in [5, 5.41) is 9.04. The molecule has 0 atom stereocenters. The van der Waals surface area contributed by atoms with Crippen molar-refractivity contribution in [3.63, 3.8) is 0 Å². The maximum atomic E-state index is 11.0. The first kappa shape index (κ1) is 18.1. The first-order valence-electron chi connectivity index (χ1n) is 8.78. The van der Waals surface area contributed by atoms with E-state index >= 15 is 0 Å². The van der Waals surface area contributed by atoms with Gasteiger partial charge in [-0.1, -0.05) is 69.5 Å². The van der Waals surface area contributed by atoms with E-state index in [2.05, 4.69) is 38.1 Å². The fourth-order valence-electron chi connectivity index (χ4n) is 3.09. The van der Waals surface area contributed by atoms with Crippen LogP contribution in [0.4, 0.5) is 4.79 Å². The highest BCUT2D eigenvalue weighted by Crippen LogP contribution is 2.34. The van der Waals surface area contributed by atoms with Gasteiger partial charge < -0.3 is 9.84 Å². The van der Waals surface area contributed by atoms with Gasteiger partial charge in [0.25, 0.3) is 0 Å². The largest absolute Gasteiger partial charge is 0.511 e. The van der Waals surface area contributed by atoms with Gasteiger partial charge in [0.05, 0.1) is 0 Å². The van der Waals surface area contributed by atoms with Gasteiger partial charge in [-0.2, -0.15) is 0 Å². The normalized spacial score (nSPS) is 10.6. The van der Waals surface area contributed by atoms with Gasteiger partial charge in [0.2, 0.25) is 0 Å². The van der Waals surface area contributed by atoms with Crippen molar-refractivity contribution < 1.29 is 14.6 Å². The lowest BCUT2D eigenvalue weighted by Crippen LogP contribution is -2.06. The lowest BCUT2D eigenvalue weighted by atomic mass is 9.91. The molecule has 2 aromatic carbocycles. The molecule has 0 aromatic heterocycles. The van der Waals surface area contributed by atoms with Crippen molar-refractivity contribution in [1.29, 1.82) is 0 Å². The van der Waals surface area contributed by atoms with Crippen LogP contribution in [0.2, 0.25) is 0 Å². The third kappa shape index (κ3) is 4.60. The number of carboxylic acid groups (broad SMARTS) is 1. The van der Waals surface area contributed by atoms with E-state index in [0.29, 0.717) is 5.75 Å². The van der Waals surface area contributed by atoms with E-state index < -0.39 is 6.16 Å². The van der Waals surface area contributed by atoms with E-state index in [-0.39, 0.29) is 0 Å². The smallest absolute Gasteiger partial charge is 0.449 e. The molecule has 0 heterocycles. The molecular weight excluding hydrogens is 300 g/mol. The summed E-state index contributed by atoms with van der Waals surface area (Å²) in [5.74, 6) is 0.461. The molecule has 0 saturated carbocycles. The Bertz CT molecular complexity index is 677. The highest BCUT2D eigenvalue weighted by Gasteiger charge is 2.15. The summed E-state index contributed by atoms with van der Waals surface area (Å²) < 4.78 is 5.05. The van der Waals surface area contributed by atoms with Crippen LogP contribution in [0.25, 0.3) is 11.1 Å². The van der Waals surface area contributed by atoms with E-state index in [1.54, 1.807) is 6.07 Å². The van der Waals surface area contributed by atoms with Crippen LogP contribution in [0, 0.1) is 0 Å². The third-order valence-corrected chi connectivity index (χ3v) is 4.19. The van der Waals surface area contributed by atoms with E-state index in [1.165, 1.54) is 11.1 Å². The number of aryl methyl sites for hydroxylation is 1. The van der Waals surface area contributed by atoms with Gasteiger partial charge in [-0.05, 0) is 42.0 Å². The summed E-state index contributed by atoms with van der Waals surface area (Å²) in [4.78, 5) is 11.0. The molecular formula is C21H26O3. The number of ether oxygens (including phenoxy) is 1. The number of hydrogen-bond acceptors (Lipinski definition) is 2. The van der Waals surface area contributed by atoms with Gasteiger partial charge in [0.15, 0.2) is 0 Å². The predicted octanol–water partition coefficient (Wildman–Crippen LogP) is 6.10. The molecule has 0 aliphatic carbocycles. The van der Waals surface area contributed by atoms with Crippen molar-refractivity contribution in [3.8, 4) is 16.9 Å². The molecule has 0 radical (unpaired) electrons. The van der Waals surface area contributed by atoms with Crippen molar-refractivity contribution in [2.45, 2.75) is 52.4 Å². The van der Waals surface area contributed by atoms with Gasteiger partial charge in [-0.25, -0.2) is 4.79 Å².